The van der Waals surface area contributed by atoms with E-state index in [9.17, 15) is 4.79 Å². The number of para-hydroxylation sites is 1. The maximum Gasteiger partial charge on any atom is 0.238 e. The highest BCUT2D eigenvalue weighted by Crippen LogP contribution is 2.46. The maximum atomic E-state index is 13.0. The van der Waals surface area contributed by atoms with Crippen molar-refractivity contribution in [3.8, 4) is 22.6 Å². The van der Waals surface area contributed by atoms with Gasteiger partial charge in [-0.15, -0.1) is 11.8 Å². The molecule has 2 atom stereocenters. The molecule has 0 unspecified atom stereocenters. The molecule has 0 radical (unpaired) electrons. The van der Waals surface area contributed by atoms with E-state index in [-0.39, 0.29) is 16.4 Å². The Balaban J connectivity index is 1.56. The zero-order chi connectivity index (χ0) is 24.5. The van der Waals surface area contributed by atoms with Crippen LogP contribution >= 0.6 is 11.8 Å². The number of ether oxygens (including phenoxy) is 1. The molecule has 0 aliphatic carbocycles. The normalized spacial score (nSPS) is 17.4. The minimum absolute atomic E-state index is 0.00200. The van der Waals surface area contributed by atoms with Gasteiger partial charge in [-0.25, -0.2) is 4.68 Å². The number of hydrogen-bond acceptors (Lipinski definition) is 4. The molecule has 5 nitrogen and oxygen atoms in total. The molecule has 178 valence electrons. The van der Waals surface area contributed by atoms with Crippen molar-refractivity contribution in [1.82, 2.24) is 9.78 Å². The summed E-state index contributed by atoms with van der Waals surface area (Å²) >= 11 is 1.66. The van der Waals surface area contributed by atoms with Crippen LogP contribution in [0.5, 0.6) is 5.75 Å². The van der Waals surface area contributed by atoms with E-state index in [1.54, 1.807) is 11.8 Å². The molecular weight excluding hydrogens is 454 g/mol. The molecule has 5 rings (SSSR count). The number of hydrogen-bond donors (Lipinski definition) is 1. The summed E-state index contributed by atoms with van der Waals surface area (Å²) in [5, 5.41) is 7.83. The summed E-state index contributed by atoms with van der Waals surface area (Å²) in [5.41, 5.74) is 7.45. The molecule has 35 heavy (non-hydrogen) atoms. The molecule has 1 N–H and O–H groups in total. The first-order chi connectivity index (χ1) is 17.0. The summed E-state index contributed by atoms with van der Waals surface area (Å²) in [7, 11) is 0. The zero-order valence-corrected chi connectivity index (χ0v) is 21.2. The summed E-state index contributed by atoms with van der Waals surface area (Å²) in [6, 6.07) is 24.9. The Bertz CT molecular complexity index is 1380. The molecule has 0 fully saturated rings. The third kappa shape index (κ3) is 4.46. The second kappa shape index (κ2) is 9.62. The molecule has 1 aliphatic rings. The zero-order valence-electron chi connectivity index (χ0n) is 20.4. The number of nitrogens with zero attached hydrogens (tertiary/aromatic N) is 2. The Morgan fingerprint density at radius 2 is 1.77 bits per heavy atom. The standard InChI is InChI=1S/C29H29N3O2S/c1-5-34-24-11-8-10-23(17-24)21-13-15-22(16-14-21)27-26-19(3)31-32(25-12-7-6-9-18(25)2)28(26)30-29(33)20(4)35-27/h6-17,20,27H,5H2,1-4H3,(H,30,33)/t20-,27+/m0/s1. The van der Waals surface area contributed by atoms with Crippen LogP contribution in [0.4, 0.5) is 5.82 Å². The lowest BCUT2D eigenvalue weighted by Gasteiger charge is -2.18. The van der Waals surface area contributed by atoms with Crippen LogP contribution in [0.25, 0.3) is 16.8 Å². The average molecular weight is 484 g/mol. The molecule has 1 amide bonds. The van der Waals surface area contributed by atoms with Gasteiger partial charge in [-0.1, -0.05) is 54.6 Å². The molecular formula is C29H29N3O2S. The van der Waals surface area contributed by atoms with Gasteiger partial charge < -0.3 is 10.1 Å². The third-order valence-electron chi connectivity index (χ3n) is 6.36. The molecule has 4 aromatic rings. The Kier molecular flexibility index (Phi) is 6.39. The maximum absolute atomic E-state index is 13.0. The molecule has 0 saturated carbocycles. The van der Waals surface area contributed by atoms with Crippen molar-refractivity contribution >= 4 is 23.5 Å². The summed E-state index contributed by atoms with van der Waals surface area (Å²) in [4.78, 5) is 13.0. The van der Waals surface area contributed by atoms with E-state index in [0.717, 1.165) is 50.8 Å². The van der Waals surface area contributed by atoms with E-state index in [1.807, 2.05) is 55.8 Å². The van der Waals surface area contributed by atoms with Gasteiger partial charge in [0.05, 0.1) is 28.5 Å². The van der Waals surface area contributed by atoms with E-state index in [0.29, 0.717) is 6.61 Å². The lowest BCUT2D eigenvalue weighted by molar-refractivity contribution is -0.115. The number of nitrogens with one attached hydrogen (secondary N) is 1. The van der Waals surface area contributed by atoms with Crippen LogP contribution in [0.3, 0.4) is 0 Å². The Hall–Kier alpha value is -3.51. The van der Waals surface area contributed by atoms with Crippen LogP contribution in [0.15, 0.2) is 72.8 Å². The monoisotopic (exact) mass is 483 g/mol. The smallest absolute Gasteiger partial charge is 0.238 e. The number of benzene rings is 3. The van der Waals surface area contributed by atoms with Gasteiger partial charge in [-0.3, -0.25) is 4.79 Å². The Labute approximate surface area is 210 Å². The highest BCUT2D eigenvalue weighted by Gasteiger charge is 2.34. The number of thioether (sulfide) groups is 1. The van der Waals surface area contributed by atoms with Gasteiger partial charge in [0.25, 0.3) is 0 Å². The van der Waals surface area contributed by atoms with E-state index in [2.05, 4.69) is 54.7 Å². The Morgan fingerprint density at radius 3 is 2.51 bits per heavy atom. The van der Waals surface area contributed by atoms with Crippen molar-refractivity contribution in [1.29, 1.82) is 0 Å². The van der Waals surface area contributed by atoms with Crippen LogP contribution in [0, 0.1) is 13.8 Å². The second-order valence-electron chi connectivity index (χ2n) is 8.78. The van der Waals surface area contributed by atoms with Crippen LogP contribution < -0.4 is 10.1 Å². The number of amides is 1. The van der Waals surface area contributed by atoms with Crippen molar-refractivity contribution in [2.24, 2.45) is 0 Å². The predicted octanol–water partition coefficient (Wildman–Crippen LogP) is 6.72. The lowest BCUT2D eigenvalue weighted by atomic mass is 9.99. The quantitative estimate of drug-likeness (QED) is 0.342. The average Bonchev–Trinajstić information content (AvgIpc) is 3.10. The van der Waals surface area contributed by atoms with Crippen molar-refractivity contribution < 1.29 is 9.53 Å². The first-order valence-corrected chi connectivity index (χ1v) is 12.9. The van der Waals surface area contributed by atoms with Gasteiger partial charge in [0.2, 0.25) is 5.91 Å². The topological polar surface area (TPSA) is 56.1 Å². The van der Waals surface area contributed by atoms with Gasteiger partial charge in [-0.05, 0) is 68.1 Å². The van der Waals surface area contributed by atoms with E-state index in [1.165, 1.54) is 0 Å². The van der Waals surface area contributed by atoms with Crippen molar-refractivity contribution in [3.05, 3.63) is 95.2 Å². The third-order valence-corrected chi connectivity index (χ3v) is 7.76. The number of carbonyl (C=O) groups excluding carboxylic acids is 1. The highest BCUT2D eigenvalue weighted by atomic mass is 32.2. The van der Waals surface area contributed by atoms with Gasteiger partial charge in [0.15, 0.2) is 0 Å². The van der Waals surface area contributed by atoms with E-state index < -0.39 is 0 Å². The van der Waals surface area contributed by atoms with Crippen molar-refractivity contribution in [3.63, 3.8) is 0 Å². The molecule has 0 bridgehead atoms. The molecule has 0 saturated heterocycles. The number of fused-ring (bicyclic) bond motifs is 1. The summed E-state index contributed by atoms with van der Waals surface area (Å²) in [5.74, 6) is 1.63. The first-order valence-electron chi connectivity index (χ1n) is 11.9. The Morgan fingerprint density at radius 1 is 1.00 bits per heavy atom. The molecule has 6 heteroatoms. The van der Waals surface area contributed by atoms with E-state index in [4.69, 9.17) is 9.84 Å². The van der Waals surface area contributed by atoms with Crippen molar-refractivity contribution in [2.45, 2.75) is 38.2 Å². The summed E-state index contributed by atoms with van der Waals surface area (Å²) in [6.45, 7) is 8.68. The fraction of sp³-hybridized carbons (Fsp3) is 0.241. The minimum Gasteiger partial charge on any atom is -0.494 e. The number of rotatable bonds is 5. The van der Waals surface area contributed by atoms with E-state index >= 15 is 0 Å². The minimum atomic E-state index is -0.195. The number of aryl methyl sites for hydroxylation is 2. The number of aromatic nitrogens is 2. The van der Waals surface area contributed by atoms with Crippen LogP contribution in [-0.4, -0.2) is 27.5 Å². The molecule has 0 spiro atoms. The van der Waals surface area contributed by atoms with Crippen LogP contribution in [0.2, 0.25) is 0 Å². The molecule has 1 aromatic heterocycles. The number of anilines is 1. The number of carbonyl (C=O) groups is 1. The summed E-state index contributed by atoms with van der Waals surface area (Å²) < 4.78 is 7.56. The lowest BCUT2D eigenvalue weighted by Crippen LogP contribution is -2.22. The van der Waals surface area contributed by atoms with Gasteiger partial charge in [-0.2, -0.15) is 5.10 Å². The fourth-order valence-electron chi connectivity index (χ4n) is 4.53. The SMILES string of the molecule is CCOc1cccc(-c2ccc([C@H]3S[C@@H](C)C(=O)Nc4c3c(C)nn4-c3ccccc3C)cc2)c1. The van der Waals surface area contributed by atoms with Gasteiger partial charge >= 0.3 is 0 Å². The van der Waals surface area contributed by atoms with Crippen LogP contribution in [-0.2, 0) is 4.79 Å². The fourth-order valence-corrected chi connectivity index (χ4v) is 5.85. The first kappa shape index (κ1) is 23.2. The van der Waals surface area contributed by atoms with Gasteiger partial charge in [0, 0.05) is 5.56 Å². The highest BCUT2D eigenvalue weighted by molar-refractivity contribution is 8.01. The predicted molar refractivity (Wildman–Crippen MR) is 144 cm³/mol. The largest absolute Gasteiger partial charge is 0.494 e. The molecule has 3 aromatic carbocycles. The molecule has 2 heterocycles. The second-order valence-corrected chi connectivity index (χ2v) is 10.2. The van der Waals surface area contributed by atoms with Crippen LogP contribution in [0.1, 0.15) is 41.5 Å². The molecule has 1 aliphatic heterocycles. The summed E-state index contributed by atoms with van der Waals surface area (Å²) in [6.07, 6.45) is 0. The van der Waals surface area contributed by atoms with Crippen molar-refractivity contribution in [2.75, 3.05) is 11.9 Å². The van der Waals surface area contributed by atoms with Gasteiger partial charge in [0.1, 0.15) is 11.6 Å².